The van der Waals surface area contributed by atoms with E-state index in [-0.39, 0.29) is 10.0 Å². The van der Waals surface area contributed by atoms with Gasteiger partial charge >= 0.3 is 0 Å². The Morgan fingerprint density at radius 1 is 1.57 bits per heavy atom. The van der Waals surface area contributed by atoms with Gasteiger partial charge in [-0.1, -0.05) is 5.16 Å². The monoisotopic (exact) mass is 350 g/mol. The van der Waals surface area contributed by atoms with Gasteiger partial charge in [0.2, 0.25) is 0 Å². The van der Waals surface area contributed by atoms with Crippen LogP contribution < -0.4 is 5.73 Å². The van der Waals surface area contributed by atoms with E-state index in [0.717, 1.165) is 5.01 Å². The molecule has 1 fully saturated rings. The van der Waals surface area contributed by atoms with Crippen molar-refractivity contribution in [3.63, 3.8) is 0 Å². The van der Waals surface area contributed by atoms with Gasteiger partial charge < -0.3 is 10.9 Å². The third-order valence-electron chi connectivity index (χ3n) is 3.69. The Morgan fingerprint density at radius 2 is 2.19 bits per heavy atom. The number of sulfonamides is 1. The molecular weight excluding hydrogens is 332 g/mol. The van der Waals surface area contributed by atoms with Crippen molar-refractivity contribution in [2.24, 2.45) is 10.9 Å². The number of oxime groups is 1. The Bertz CT molecular complexity index is 633. The molecular formula is C11H18N4O3S3. The number of amidine groups is 1. The summed E-state index contributed by atoms with van der Waals surface area (Å²) in [5.74, 6) is 0.153. The lowest BCUT2D eigenvalue weighted by Gasteiger charge is -2.38. The van der Waals surface area contributed by atoms with Gasteiger partial charge in [0.15, 0.2) is 10.0 Å². The first kappa shape index (κ1) is 16.5. The summed E-state index contributed by atoms with van der Waals surface area (Å²) in [7, 11) is -3.50. The molecule has 0 aliphatic carbocycles. The smallest absolute Gasteiger partial charge is 0.254 e. The quantitative estimate of drug-likeness (QED) is 0.364. The highest BCUT2D eigenvalue weighted by atomic mass is 32.2. The molecule has 0 spiro atoms. The molecule has 1 aromatic rings. The Labute approximate surface area is 132 Å². The van der Waals surface area contributed by atoms with Crippen LogP contribution in [0, 0.1) is 6.92 Å². The molecule has 2 heterocycles. The van der Waals surface area contributed by atoms with E-state index in [1.807, 2.05) is 6.26 Å². The Kier molecular flexibility index (Phi) is 4.81. The van der Waals surface area contributed by atoms with Crippen LogP contribution >= 0.6 is 23.1 Å². The van der Waals surface area contributed by atoms with Gasteiger partial charge in [0.05, 0.1) is 16.0 Å². The maximum Gasteiger partial charge on any atom is 0.254 e. The normalized spacial score (nSPS) is 20.6. The fourth-order valence-electron chi connectivity index (χ4n) is 2.33. The maximum absolute atomic E-state index is 12.5. The molecule has 21 heavy (non-hydrogen) atoms. The van der Waals surface area contributed by atoms with Gasteiger partial charge in [-0.3, -0.25) is 0 Å². The zero-order chi connectivity index (χ0) is 15.7. The predicted octanol–water partition coefficient (Wildman–Crippen LogP) is 1.08. The van der Waals surface area contributed by atoms with E-state index in [1.165, 1.54) is 33.6 Å². The fourth-order valence-corrected chi connectivity index (χ4v) is 5.88. The summed E-state index contributed by atoms with van der Waals surface area (Å²) in [4.78, 5) is 4.00. The van der Waals surface area contributed by atoms with E-state index in [0.29, 0.717) is 25.9 Å². The van der Waals surface area contributed by atoms with Crippen LogP contribution in [-0.4, -0.2) is 52.8 Å². The third-order valence-corrected chi connectivity index (χ3v) is 8.34. The second-order valence-electron chi connectivity index (χ2n) is 4.79. The van der Waals surface area contributed by atoms with Crippen molar-refractivity contribution in [2.75, 3.05) is 19.3 Å². The standard InChI is InChI=1S/C11H18N4O3S3/c1-8-13-7-9(20-8)21(17,18)15-5-3-11(19-2,4-6-15)10(12)14-16/h7,16H,3-6H2,1-2H3,(H2,12,14). The zero-order valence-corrected chi connectivity index (χ0v) is 14.3. The number of aromatic nitrogens is 1. The lowest BCUT2D eigenvalue weighted by molar-refractivity contribution is 0.301. The Morgan fingerprint density at radius 3 is 2.62 bits per heavy atom. The molecule has 0 atom stereocenters. The number of hydrogen-bond acceptors (Lipinski definition) is 7. The average molecular weight is 350 g/mol. The first-order valence-corrected chi connectivity index (χ1v) is 9.79. The highest BCUT2D eigenvalue weighted by Crippen LogP contribution is 2.36. The lowest BCUT2D eigenvalue weighted by atomic mass is 9.96. The Hall–Kier alpha value is -0.840. The molecule has 0 radical (unpaired) electrons. The number of rotatable bonds is 4. The van der Waals surface area contributed by atoms with Crippen LogP contribution in [0.5, 0.6) is 0 Å². The molecule has 2 rings (SSSR count). The van der Waals surface area contributed by atoms with Gasteiger partial charge in [-0.15, -0.1) is 11.3 Å². The van der Waals surface area contributed by atoms with Crippen LogP contribution in [0.1, 0.15) is 17.8 Å². The molecule has 0 saturated carbocycles. The summed E-state index contributed by atoms with van der Waals surface area (Å²) >= 11 is 2.66. The minimum atomic E-state index is -3.50. The lowest BCUT2D eigenvalue weighted by Crippen LogP contribution is -2.51. The molecule has 0 aromatic carbocycles. The highest BCUT2D eigenvalue weighted by Gasteiger charge is 2.41. The molecule has 0 bridgehead atoms. The van der Waals surface area contributed by atoms with Crippen LogP contribution in [0.4, 0.5) is 0 Å². The number of hydrogen-bond donors (Lipinski definition) is 2. The molecule has 10 heteroatoms. The van der Waals surface area contributed by atoms with Gasteiger partial charge in [0.1, 0.15) is 0 Å². The first-order chi connectivity index (χ1) is 9.85. The molecule has 1 aliphatic rings. The van der Waals surface area contributed by atoms with E-state index in [4.69, 9.17) is 10.9 Å². The summed E-state index contributed by atoms with van der Waals surface area (Å²) in [5.41, 5.74) is 5.77. The van der Waals surface area contributed by atoms with Crippen molar-refractivity contribution in [2.45, 2.75) is 28.7 Å². The minimum absolute atomic E-state index is 0.153. The number of piperidine rings is 1. The molecule has 118 valence electrons. The van der Waals surface area contributed by atoms with Crippen LogP contribution in [0.25, 0.3) is 0 Å². The van der Waals surface area contributed by atoms with E-state index in [9.17, 15) is 8.42 Å². The molecule has 1 aliphatic heterocycles. The summed E-state index contributed by atoms with van der Waals surface area (Å²) in [6, 6.07) is 0. The van der Waals surface area contributed by atoms with E-state index in [2.05, 4.69) is 10.1 Å². The molecule has 1 aromatic heterocycles. The highest BCUT2D eigenvalue weighted by molar-refractivity contribution is 8.00. The van der Waals surface area contributed by atoms with Gasteiger partial charge in [0.25, 0.3) is 10.0 Å². The topological polar surface area (TPSA) is 109 Å². The number of thioether (sulfide) groups is 1. The third kappa shape index (κ3) is 3.03. The van der Waals surface area contributed by atoms with E-state index in [1.54, 1.807) is 6.92 Å². The second kappa shape index (κ2) is 6.11. The number of nitrogens with zero attached hydrogens (tertiary/aromatic N) is 3. The fraction of sp³-hybridized carbons (Fsp3) is 0.636. The van der Waals surface area contributed by atoms with Crippen LogP contribution in [0.15, 0.2) is 15.6 Å². The number of nitrogens with two attached hydrogens (primary N) is 1. The van der Waals surface area contributed by atoms with Crippen molar-refractivity contribution < 1.29 is 13.6 Å². The van der Waals surface area contributed by atoms with Crippen LogP contribution in [0.3, 0.4) is 0 Å². The molecule has 1 saturated heterocycles. The van der Waals surface area contributed by atoms with Crippen molar-refractivity contribution in [1.82, 2.24) is 9.29 Å². The van der Waals surface area contributed by atoms with E-state index >= 15 is 0 Å². The van der Waals surface area contributed by atoms with Gasteiger partial charge in [-0.2, -0.15) is 16.1 Å². The summed E-state index contributed by atoms with van der Waals surface area (Å²) in [6.07, 6.45) is 4.31. The number of thiazole rings is 1. The van der Waals surface area contributed by atoms with Crippen molar-refractivity contribution in [3.05, 3.63) is 11.2 Å². The van der Waals surface area contributed by atoms with Gasteiger partial charge in [-0.05, 0) is 26.0 Å². The molecule has 3 N–H and O–H groups in total. The molecule has 7 nitrogen and oxygen atoms in total. The van der Waals surface area contributed by atoms with Gasteiger partial charge in [0, 0.05) is 13.1 Å². The van der Waals surface area contributed by atoms with Crippen LogP contribution in [0.2, 0.25) is 0 Å². The van der Waals surface area contributed by atoms with Gasteiger partial charge in [-0.25, -0.2) is 13.4 Å². The molecule has 0 unspecified atom stereocenters. The maximum atomic E-state index is 12.5. The van der Waals surface area contributed by atoms with Crippen molar-refractivity contribution in [1.29, 1.82) is 0 Å². The largest absolute Gasteiger partial charge is 0.409 e. The summed E-state index contributed by atoms with van der Waals surface area (Å²) < 4.78 is 26.2. The summed E-state index contributed by atoms with van der Waals surface area (Å²) in [5, 5.41) is 12.7. The first-order valence-electron chi connectivity index (χ1n) is 6.31. The zero-order valence-electron chi connectivity index (χ0n) is 11.8. The van der Waals surface area contributed by atoms with E-state index < -0.39 is 14.8 Å². The SMILES string of the molecule is CSC1(C(N)=NO)CCN(S(=O)(=O)c2cnc(C)s2)CC1. The second-order valence-corrected chi connectivity index (χ2v) is 9.38. The predicted molar refractivity (Wildman–Crippen MR) is 84.5 cm³/mol. The Balaban J connectivity index is 2.17. The minimum Gasteiger partial charge on any atom is -0.409 e. The average Bonchev–Trinajstić information content (AvgIpc) is 2.93. The number of aryl methyl sites for hydroxylation is 1. The summed E-state index contributed by atoms with van der Waals surface area (Å²) in [6.45, 7) is 2.46. The van der Waals surface area contributed by atoms with Crippen molar-refractivity contribution >= 4 is 39.0 Å². The van der Waals surface area contributed by atoms with Crippen molar-refractivity contribution in [3.8, 4) is 0 Å². The van der Waals surface area contributed by atoms with Crippen LogP contribution in [-0.2, 0) is 10.0 Å². The molecule has 0 amide bonds.